The van der Waals surface area contributed by atoms with Gasteiger partial charge in [-0.2, -0.15) is 4.52 Å². The van der Waals surface area contributed by atoms with Crippen LogP contribution in [-0.4, -0.2) is 20.7 Å². The minimum absolute atomic E-state index is 0.186. The summed E-state index contributed by atoms with van der Waals surface area (Å²) < 4.78 is 13.1. The zero-order valence-corrected chi connectivity index (χ0v) is 15.5. The maximum Gasteiger partial charge on any atom is 0.299 e. The molecule has 1 aliphatic rings. The predicted octanol–water partition coefficient (Wildman–Crippen LogP) is 4.22. The number of hydrogen-bond acceptors (Lipinski definition) is 6. The number of rotatable bonds is 5. The average molecular weight is 371 g/mol. The fourth-order valence-electron chi connectivity index (χ4n) is 3.12. The highest BCUT2D eigenvalue weighted by Gasteiger charge is 2.15. The maximum absolute atomic E-state index is 12.1. The summed E-state index contributed by atoms with van der Waals surface area (Å²) in [6.45, 7) is 1.97. The van der Waals surface area contributed by atoms with E-state index in [9.17, 15) is 4.79 Å². The molecule has 26 heavy (non-hydrogen) atoms. The van der Waals surface area contributed by atoms with Gasteiger partial charge in [-0.05, 0) is 67.7 Å². The van der Waals surface area contributed by atoms with E-state index in [0.717, 1.165) is 24.3 Å². The third kappa shape index (κ3) is 3.72. The Labute approximate surface area is 155 Å². The first-order valence-corrected chi connectivity index (χ1v) is 9.87. The van der Waals surface area contributed by atoms with Crippen LogP contribution in [0.5, 0.6) is 16.7 Å². The number of ether oxygens (including phenoxy) is 2. The van der Waals surface area contributed by atoms with Crippen molar-refractivity contribution in [3.05, 3.63) is 46.4 Å². The molecule has 1 aliphatic carbocycles. The molecule has 1 saturated carbocycles. The number of aryl methyl sites for hydroxylation is 1. The van der Waals surface area contributed by atoms with Gasteiger partial charge in [-0.15, -0.1) is 5.10 Å². The van der Waals surface area contributed by atoms with Crippen LogP contribution < -0.4 is 15.0 Å². The van der Waals surface area contributed by atoms with Crippen molar-refractivity contribution in [1.29, 1.82) is 0 Å². The molecule has 0 N–H and O–H groups in total. The normalized spacial score (nSPS) is 15.3. The minimum Gasteiger partial charge on any atom is -0.490 e. The molecule has 2 heterocycles. The third-order valence-electron chi connectivity index (χ3n) is 4.53. The monoisotopic (exact) mass is 371 g/mol. The molecule has 0 saturated heterocycles. The summed E-state index contributed by atoms with van der Waals surface area (Å²) in [7, 11) is 0. The summed E-state index contributed by atoms with van der Waals surface area (Å²) in [4.78, 5) is 17.0. The summed E-state index contributed by atoms with van der Waals surface area (Å²) in [5, 5.41) is 4.60. The predicted molar refractivity (Wildman–Crippen MR) is 101 cm³/mol. The number of benzene rings is 1. The molecule has 1 aromatic carbocycles. The first-order chi connectivity index (χ1) is 12.7. The highest BCUT2D eigenvalue weighted by atomic mass is 32.1. The van der Waals surface area contributed by atoms with Gasteiger partial charge in [0.05, 0.1) is 6.10 Å². The molecule has 0 bridgehead atoms. The van der Waals surface area contributed by atoms with Gasteiger partial charge in [-0.1, -0.05) is 13.3 Å². The zero-order chi connectivity index (χ0) is 17.9. The first-order valence-electron chi connectivity index (χ1n) is 9.05. The molecule has 4 rings (SSSR count). The largest absolute Gasteiger partial charge is 0.490 e. The first kappa shape index (κ1) is 17.0. The quantitative estimate of drug-likeness (QED) is 0.672. The Bertz CT molecular complexity index is 943. The maximum atomic E-state index is 12.1. The van der Waals surface area contributed by atoms with Crippen LogP contribution in [0, 0.1) is 0 Å². The summed E-state index contributed by atoms with van der Waals surface area (Å²) in [5.41, 5.74) is 0.573. The second-order valence-electron chi connectivity index (χ2n) is 6.45. The molecule has 0 aliphatic heterocycles. The highest BCUT2D eigenvalue weighted by Crippen LogP contribution is 2.29. The molecule has 0 atom stereocenters. The van der Waals surface area contributed by atoms with Crippen LogP contribution >= 0.6 is 11.3 Å². The van der Waals surface area contributed by atoms with Gasteiger partial charge in [0, 0.05) is 11.8 Å². The van der Waals surface area contributed by atoms with Crippen LogP contribution in [0.2, 0.25) is 0 Å². The molecule has 2 aromatic heterocycles. The lowest BCUT2D eigenvalue weighted by Gasteiger charge is -2.22. The second-order valence-corrected chi connectivity index (χ2v) is 7.37. The lowest BCUT2D eigenvalue weighted by molar-refractivity contribution is 0.155. The van der Waals surface area contributed by atoms with E-state index in [1.165, 1.54) is 41.2 Å². The Hall–Kier alpha value is -2.41. The van der Waals surface area contributed by atoms with Gasteiger partial charge in [0.1, 0.15) is 11.5 Å². The number of hydrogen-bond donors (Lipinski definition) is 0. The molecule has 3 aromatic rings. The lowest BCUT2D eigenvalue weighted by Crippen LogP contribution is -2.19. The van der Waals surface area contributed by atoms with Crippen molar-refractivity contribution in [1.82, 2.24) is 14.6 Å². The van der Waals surface area contributed by atoms with Gasteiger partial charge in [-0.3, -0.25) is 4.79 Å². The molecular formula is C19H21N3O3S. The van der Waals surface area contributed by atoms with Crippen molar-refractivity contribution in [2.24, 2.45) is 0 Å². The Morgan fingerprint density at radius 2 is 1.88 bits per heavy atom. The van der Waals surface area contributed by atoms with Crippen molar-refractivity contribution in [3.8, 4) is 16.7 Å². The van der Waals surface area contributed by atoms with Crippen molar-refractivity contribution in [2.45, 2.75) is 51.6 Å². The van der Waals surface area contributed by atoms with Crippen LogP contribution in [0.15, 0.2) is 35.1 Å². The van der Waals surface area contributed by atoms with Crippen LogP contribution in [-0.2, 0) is 6.42 Å². The zero-order valence-electron chi connectivity index (χ0n) is 14.7. The van der Waals surface area contributed by atoms with Gasteiger partial charge in [-0.25, -0.2) is 4.98 Å². The van der Waals surface area contributed by atoms with Crippen LogP contribution in [0.3, 0.4) is 0 Å². The van der Waals surface area contributed by atoms with Gasteiger partial charge < -0.3 is 9.47 Å². The fraction of sp³-hybridized carbons (Fsp3) is 0.421. The van der Waals surface area contributed by atoms with Crippen LogP contribution in [0.1, 0.15) is 44.7 Å². The Kier molecular flexibility index (Phi) is 4.88. The van der Waals surface area contributed by atoms with Crippen molar-refractivity contribution < 1.29 is 9.47 Å². The Morgan fingerprint density at radius 1 is 1.15 bits per heavy atom. The minimum atomic E-state index is -0.186. The molecule has 1 fully saturated rings. The van der Waals surface area contributed by atoms with Crippen molar-refractivity contribution >= 4 is 16.3 Å². The molecule has 136 valence electrons. The summed E-state index contributed by atoms with van der Waals surface area (Å²) in [6, 6.07) is 9.05. The molecule has 0 spiro atoms. The lowest BCUT2D eigenvalue weighted by atomic mass is 9.98. The summed E-state index contributed by atoms with van der Waals surface area (Å²) >= 11 is 1.26. The molecular weight excluding hydrogens is 350 g/mol. The number of nitrogens with zero attached hydrogens (tertiary/aromatic N) is 3. The average Bonchev–Trinajstić information content (AvgIpc) is 3.07. The number of fused-ring (bicyclic) bond motifs is 1. The van der Waals surface area contributed by atoms with Crippen molar-refractivity contribution in [2.75, 3.05) is 0 Å². The van der Waals surface area contributed by atoms with Crippen LogP contribution in [0.25, 0.3) is 4.96 Å². The number of aromatic nitrogens is 3. The molecule has 0 unspecified atom stereocenters. The fourth-order valence-corrected chi connectivity index (χ4v) is 3.92. The van der Waals surface area contributed by atoms with E-state index in [4.69, 9.17) is 9.47 Å². The SMILES string of the molecule is CCc1cc(=O)n2nc(Oc3ccc(OC4CCCCC4)cc3)sc2n1. The van der Waals surface area contributed by atoms with Crippen molar-refractivity contribution in [3.63, 3.8) is 0 Å². The van der Waals surface area contributed by atoms with Gasteiger partial charge in [0.2, 0.25) is 4.96 Å². The molecule has 6 nitrogen and oxygen atoms in total. The van der Waals surface area contributed by atoms with E-state index in [-0.39, 0.29) is 5.56 Å². The van der Waals surface area contributed by atoms with E-state index in [2.05, 4.69) is 10.1 Å². The molecule has 0 radical (unpaired) electrons. The van der Waals surface area contributed by atoms with E-state index in [1.54, 1.807) is 0 Å². The summed E-state index contributed by atoms with van der Waals surface area (Å²) in [5.74, 6) is 1.52. The van der Waals surface area contributed by atoms with Gasteiger partial charge >= 0.3 is 0 Å². The van der Waals surface area contributed by atoms with E-state index < -0.39 is 0 Å². The second kappa shape index (κ2) is 7.45. The van der Waals surface area contributed by atoms with E-state index in [0.29, 0.717) is 28.4 Å². The Morgan fingerprint density at radius 3 is 2.62 bits per heavy atom. The van der Waals surface area contributed by atoms with Gasteiger partial charge in [0.15, 0.2) is 0 Å². The highest BCUT2D eigenvalue weighted by molar-refractivity contribution is 7.18. The summed E-state index contributed by atoms with van der Waals surface area (Å²) in [6.07, 6.45) is 7.10. The smallest absolute Gasteiger partial charge is 0.299 e. The molecule has 7 heteroatoms. The Balaban J connectivity index is 1.47. The molecule has 0 amide bonds. The van der Waals surface area contributed by atoms with E-state index in [1.807, 2.05) is 31.2 Å². The van der Waals surface area contributed by atoms with E-state index >= 15 is 0 Å². The standard InChI is InChI=1S/C19H21N3O3S/c1-2-13-12-17(23)22-18(20-13)26-19(21-22)25-16-10-8-15(9-11-16)24-14-6-4-3-5-7-14/h8-12,14H,2-7H2,1H3. The topological polar surface area (TPSA) is 65.7 Å². The third-order valence-corrected chi connectivity index (χ3v) is 5.31. The van der Waals surface area contributed by atoms with Gasteiger partial charge in [0.25, 0.3) is 10.8 Å². The van der Waals surface area contributed by atoms with Crippen LogP contribution in [0.4, 0.5) is 0 Å².